The number of aromatic nitrogens is 3. The number of halogens is 4. The van der Waals surface area contributed by atoms with Gasteiger partial charge < -0.3 is 21.1 Å². The topological polar surface area (TPSA) is 101 Å². The Kier molecular flexibility index (Phi) is 6.14. The molecule has 154 valence electrons. The third-order valence-corrected chi connectivity index (χ3v) is 4.22. The van der Waals surface area contributed by atoms with Gasteiger partial charge in [0.25, 0.3) is 0 Å². The summed E-state index contributed by atoms with van der Waals surface area (Å²) < 4.78 is 46.7. The second-order valence-electron chi connectivity index (χ2n) is 6.02. The van der Waals surface area contributed by atoms with Gasteiger partial charge in [-0.2, -0.15) is 18.2 Å². The molecule has 0 aliphatic heterocycles. The van der Waals surface area contributed by atoms with E-state index in [4.69, 9.17) is 22.1 Å². The standard InChI is InChI=1S/C18H18ClF3N6O/c1-24-6-7-29-12-4-2-10(3-5-12)15-13(18(20,21)22)8-11(9-14(15)19)25-17-26-16(23)27-28-17/h2-5,8-9,24H,6-7H2,1H3,(H4,23,25,26,27,28). The highest BCUT2D eigenvalue weighted by Crippen LogP contribution is 2.43. The molecule has 0 unspecified atom stereocenters. The van der Waals surface area contributed by atoms with Crippen LogP contribution in [-0.2, 0) is 6.18 Å². The fourth-order valence-corrected chi connectivity index (χ4v) is 2.97. The van der Waals surface area contributed by atoms with Crippen molar-refractivity contribution in [3.63, 3.8) is 0 Å². The second-order valence-corrected chi connectivity index (χ2v) is 6.43. The van der Waals surface area contributed by atoms with Crippen LogP contribution in [0.3, 0.4) is 0 Å². The molecule has 0 bridgehead atoms. The summed E-state index contributed by atoms with van der Waals surface area (Å²) in [6.45, 7) is 1.09. The van der Waals surface area contributed by atoms with Gasteiger partial charge in [0, 0.05) is 17.8 Å². The maximum absolute atomic E-state index is 13.7. The molecule has 11 heteroatoms. The molecular weight excluding hydrogens is 409 g/mol. The lowest BCUT2D eigenvalue weighted by Crippen LogP contribution is -2.15. The fourth-order valence-electron chi connectivity index (χ4n) is 2.64. The summed E-state index contributed by atoms with van der Waals surface area (Å²) in [7, 11) is 1.79. The fraction of sp³-hybridized carbons (Fsp3) is 0.222. The zero-order valence-corrected chi connectivity index (χ0v) is 16.0. The zero-order valence-electron chi connectivity index (χ0n) is 15.3. The molecule has 2 aromatic carbocycles. The number of hydrogen-bond acceptors (Lipinski definition) is 6. The van der Waals surface area contributed by atoms with Crippen LogP contribution in [0.1, 0.15) is 5.56 Å². The van der Waals surface area contributed by atoms with Crippen molar-refractivity contribution in [2.45, 2.75) is 6.18 Å². The number of hydrogen-bond donors (Lipinski definition) is 4. The van der Waals surface area contributed by atoms with Gasteiger partial charge in [0.15, 0.2) is 0 Å². The number of alkyl halides is 3. The van der Waals surface area contributed by atoms with Crippen LogP contribution in [0.4, 0.5) is 30.8 Å². The molecule has 0 amide bonds. The molecule has 3 rings (SSSR count). The van der Waals surface area contributed by atoms with Gasteiger partial charge in [-0.1, -0.05) is 23.7 Å². The summed E-state index contributed by atoms with van der Waals surface area (Å²) in [5.74, 6) is 0.611. The van der Waals surface area contributed by atoms with Gasteiger partial charge in [-0.05, 0) is 36.9 Å². The highest BCUT2D eigenvalue weighted by molar-refractivity contribution is 6.34. The van der Waals surface area contributed by atoms with E-state index in [0.29, 0.717) is 24.5 Å². The van der Waals surface area contributed by atoms with Gasteiger partial charge in [0.2, 0.25) is 11.9 Å². The first-order valence-corrected chi connectivity index (χ1v) is 8.89. The van der Waals surface area contributed by atoms with Gasteiger partial charge in [-0.25, -0.2) is 5.10 Å². The average molecular weight is 427 g/mol. The molecule has 3 aromatic rings. The second kappa shape index (κ2) is 8.58. The number of rotatable bonds is 7. The summed E-state index contributed by atoms with van der Waals surface area (Å²) in [6.07, 6.45) is -4.63. The van der Waals surface area contributed by atoms with Crippen molar-refractivity contribution in [1.82, 2.24) is 20.5 Å². The van der Waals surface area contributed by atoms with E-state index in [2.05, 4.69) is 25.8 Å². The molecule has 0 aliphatic rings. The van der Waals surface area contributed by atoms with Gasteiger partial charge in [0.05, 0.1) is 10.6 Å². The van der Waals surface area contributed by atoms with Crippen LogP contribution in [0, 0.1) is 0 Å². The molecule has 0 saturated carbocycles. The number of aromatic amines is 1. The summed E-state index contributed by atoms with van der Waals surface area (Å²) in [6, 6.07) is 8.59. The Balaban J connectivity index is 1.95. The Labute approximate surface area is 169 Å². The highest BCUT2D eigenvalue weighted by Gasteiger charge is 2.35. The Morgan fingerprint density at radius 1 is 1.21 bits per heavy atom. The van der Waals surface area contributed by atoms with Crippen molar-refractivity contribution < 1.29 is 17.9 Å². The smallest absolute Gasteiger partial charge is 0.417 e. The Hall–Kier alpha value is -2.98. The SMILES string of the molecule is CNCCOc1ccc(-c2c(Cl)cc(Nc3n[nH]c(N)n3)cc2C(F)(F)F)cc1. The average Bonchev–Trinajstić information content (AvgIpc) is 3.06. The summed E-state index contributed by atoms with van der Waals surface area (Å²) in [5, 5.41) is 11.6. The number of benzene rings is 2. The minimum absolute atomic E-state index is 0.0301. The van der Waals surface area contributed by atoms with E-state index >= 15 is 0 Å². The molecule has 0 fully saturated rings. The molecule has 0 spiro atoms. The van der Waals surface area contributed by atoms with Gasteiger partial charge in [-0.3, -0.25) is 0 Å². The van der Waals surface area contributed by atoms with Crippen LogP contribution in [0.2, 0.25) is 5.02 Å². The number of nitrogen functional groups attached to an aromatic ring is 1. The van der Waals surface area contributed by atoms with Crippen LogP contribution in [0.15, 0.2) is 36.4 Å². The molecule has 29 heavy (non-hydrogen) atoms. The van der Waals surface area contributed by atoms with Crippen molar-refractivity contribution in [3.05, 3.63) is 47.0 Å². The van der Waals surface area contributed by atoms with E-state index in [-0.39, 0.29) is 28.2 Å². The third-order valence-electron chi connectivity index (χ3n) is 3.92. The number of nitrogens with zero attached hydrogens (tertiary/aromatic N) is 2. The zero-order chi connectivity index (χ0) is 21.0. The van der Waals surface area contributed by atoms with E-state index in [9.17, 15) is 13.2 Å². The Bertz CT molecular complexity index is 975. The number of nitrogens with one attached hydrogen (secondary N) is 3. The molecule has 7 nitrogen and oxygen atoms in total. The largest absolute Gasteiger partial charge is 0.492 e. The van der Waals surface area contributed by atoms with Crippen LogP contribution in [0.25, 0.3) is 11.1 Å². The van der Waals surface area contributed by atoms with Crippen molar-refractivity contribution in [2.24, 2.45) is 0 Å². The summed E-state index contributed by atoms with van der Waals surface area (Å²) in [4.78, 5) is 3.81. The molecule has 0 atom stereocenters. The lowest BCUT2D eigenvalue weighted by atomic mass is 9.98. The van der Waals surface area contributed by atoms with E-state index in [1.54, 1.807) is 19.2 Å². The number of ether oxygens (including phenoxy) is 1. The minimum Gasteiger partial charge on any atom is -0.492 e. The lowest BCUT2D eigenvalue weighted by molar-refractivity contribution is -0.137. The molecule has 0 radical (unpaired) electrons. The number of likely N-dealkylation sites (N-methyl/N-ethyl adjacent to an activating group) is 1. The van der Waals surface area contributed by atoms with Crippen molar-refractivity contribution in [2.75, 3.05) is 31.2 Å². The normalized spacial score (nSPS) is 11.5. The van der Waals surface area contributed by atoms with Crippen molar-refractivity contribution >= 4 is 29.2 Å². The first-order valence-electron chi connectivity index (χ1n) is 8.51. The molecule has 5 N–H and O–H groups in total. The molecule has 1 heterocycles. The van der Waals surface area contributed by atoms with Crippen LogP contribution in [0.5, 0.6) is 5.75 Å². The van der Waals surface area contributed by atoms with Gasteiger partial charge >= 0.3 is 6.18 Å². The predicted octanol–water partition coefficient (Wildman–Crippen LogP) is 4.07. The number of nitrogens with two attached hydrogens (primary N) is 1. The number of H-pyrrole nitrogens is 1. The monoisotopic (exact) mass is 426 g/mol. The molecule has 0 aliphatic carbocycles. The van der Waals surface area contributed by atoms with Crippen molar-refractivity contribution in [1.29, 1.82) is 0 Å². The van der Waals surface area contributed by atoms with Gasteiger partial charge in [-0.15, -0.1) is 5.10 Å². The maximum Gasteiger partial charge on any atom is 0.417 e. The van der Waals surface area contributed by atoms with E-state index in [1.807, 2.05) is 0 Å². The number of anilines is 3. The first-order chi connectivity index (χ1) is 13.8. The minimum atomic E-state index is -4.63. The molecule has 1 aromatic heterocycles. The quantitative estimate of drug-likeness (QED) is 0.425. The van der Waals surface area contributed by atoms with E-state index in [1.165, 1.54) is 18.2 Å². The predicted molar refractivity (Wildman–Crippen MR) is 105 cm³/mol. The van der Waals surface area contributed by atoms with Crippen LogP contribution < -0.4 is 21.1 Å². The van der Waals surface area contributed by atoms with Crippen LogP contribution >= 0.6 is 11.6 Å². The maximum atomic E-state index is 13.7. The Morgan fingerprint density at radius 2 is 1.93 bits per heavy atom. The van der Waals surface area contributed by atoms with E-state index < -0.39 is 11.7 Å². The van der Waals surface area contributed by atoms with Gasteiger partial charge in [0.1, 0.15) is 12.4 Å². The lowest BCUT2D eigenvalue weighted by Gasteiger charge is -2.17. The van der Waals surface area contributed by atoms with Crippen LogP contribution in [-0.4, -0.2) is 35.4 Å². The summed E-state index contributed by atoms with van der Waals surface area (Å²) >= 11 is 6.24. The van der Waals surface area contributed by atoms with E-state index in [0.717, 1.165) is 6.07 Å². The molecule has 0 saturated heterocycles. The summed E-state index contributed by atoms with van der Waals surface area (Å²) in [5.41, 5.74) is 4.81. The first kappa shape index (κ1) is 20.7. The Morgan fingerprint density at radius 3 is 2.52 bits per heavy atom. The third kappa shape index (κ3) is 5.09. The molecular formula is C18H18ClF3N6O. The van der Waals surface area contributed by atoms with Crippen molar-refractivity contribution in [3.8, 4) is 16.9 Å². The highest BCUT2D eigenvalue weighted by atomic mass is 35.5.